The molecule has 0 spiro atoms. The van der Waals surface area contributed by atoms with E-state index in [2.05, 4.69) is 10.2 Å². The van der Waals surface area contributed by atoms with Crippen molar-refractivity contribution < 1.29 is 23.8 Å². The summed E-state index contributed by atoms with van der Waals surface area (Å²) in [5.74, 6) is -1.31. The zero-order valence-electron chi connectivity index (χ0n) is 12.9. The van der Waals surface area contributed by atoms with Gasteiger partial charge in [0.2, 0.25) is 11.8 Å². The third kappa shape index (κ3) is 2.59. The zero-order valence-corrected chi connectivity index (χ0v) is 12.9. The molecule has 1 aromatic rings. The van der Waals surface area contributed by atoms with Crippen molar-refractivity contribution in [2.24, 2.45) is 5.73 Å². The number of fused-ring (bicyclic) bond motifs is 1. The Morgan fingerprint density at radius 2 is 1.91 bits per heavy atom. The molecule has 0 saturated heterocycles. The number of nitriles is 1. The Morgan fingerprint density at radius 1 is 1.35 bits per heavy atom. The number of allylic oxidation sites excluding steroid dienone is 1. The summed E-state index contributed by atoms with van der Waals surface area (Å²) >= 11 is 0. The van der Waals surface area contributed by atoms with Gasteiger partial charge in [-0.3, -0.25) is 14.7 Å². The fourth-order valence-electron chi connectivity index (χ4n) is 2.78. The summed E-state index contributed by atoms with van der Waals surface area (Å²) in [6.07, 6.45) is -0.558. The third-order valence-corrected chi connectivity index (χ3v) is 3.78. The highest BCUT2D eigenvalue weighted by atomic mass is 16.5. The lowest BCUT2D eigenvalue weighted by Crippen LogP contribution is -2.40. The molecule has 0 saturated carbocycles. The van der Waals surface area contributed by atoms with E-state index < -0.39 is 17.4 Å². The maximum Gasteiger partial charge on any atom is 0.306 e. The molecule has 9 nitrogen and oxygen atoms in total. The van der Waals surface area contributed by atoms with Crippen LogP contribution >= 0.6 is 0 Å². The van der Waals surface area contributed by atoms with Gasteiger partial charge in [0, 0.05) is 11.3 Å². The fourth-order valence-corrected chi connectivity index (χ4v) is 2.78. The molecule has 2 rings (SSSR count). The molecule has 1 aliphatic heterocycles. The van der Waals surface area contributed by atoms with Gasteiger partial charge in [0.15, 0.2) is 0 Å². The summed E-state index contributed by atoms with van der Waals surface area (Å²) in [6.45, 7) is 1.69. The van der Waals surface area contributed by atoms with Crippen molar-refractivity contribution in [2.45, 2.75) is 25.2 Å². The molecule has 3 N–H and O–H groups in total. The predicted molar refractivity (Wildman–Crippen MR) is 75.7 cm³/mol. The Bertz CT molecular complexity index is 710. The maximum absolute atomic E-state index is 11.9. The number of aryl methyl sites for hydroxylation is 1. The Balaban J connectivity index is 2.73. The van der Waals surface area contributed by atoms with Crippen molar-refractivity contribution >= 4 is 11.9 Å². The van der Waals surface area contributed by atoms with Crippen LogP contribution in [0.4, 0.5) is 0 Å². The zero-order chi connectivity index (χ0) is 17.2. The molecular formula is C14H16N4O5. The van der Waals surface area contributed by atoms with Gasteiger partial charge in [0.1, 0.15) is 11.6 Å². The molecule has 0 bridgehead atoms. The molecule has 0 aliphatic carbocycles. The second kappa shape index (κ2) is 6.00. The molecule has 0 aromatic carbocycles. The molecule has 0 radical (unpaired) electrons. The minimum atomic E-state index is -1.36. The summed E-state index contributed by atoms with van der Waals surface area (Å²) in [4.78, 5) is 23.9. The van der Waals surface area contributed by atoms with E-state index >= 15 is 0 Å². The maximum atomic E-state index is 11.9. The Kier molecular flexibility index (Phi) is 4.27. The number of carbonyl (C=O) groups excluding carboxylic acids is 2. The van der Waals surface area contributed by atoms with Crippen molar-refractivity contribution in [2.75, 3.05) is 14.2 Å². The number of nitrogens with zero attached hydrogens (tertiary/aromatic N) is 2. The van der Waals surface area contributed by atoms with Crippen LogP contribution in [-0.2, 0) is 24.5 Å². The van der Waals surface area contributed by atoms with Crippen LogP contribution in [0.2, 0.25) is 0 Å². The third-order valence-electron chi connectivity index (χ3n) is 3.78. The van der Waals surface area contributed by atoms with E-state index in [1.807, 2.05) is 6.07 Å². The van der Waals surface area contributed by atoms with Crippen LogP contribution in [0.15, 0.2) is 11.5 Å². The molecule has 0 unspecified atom stereocenters. The number of nitrogens with two attached hydrogens (primary N) is 1. The number of carbonyl (C=O) groups is 2. The highest BCUT2D eigenvalue weighted by Crippen LogP contribution is 2.48. The number of hydrogen-bond donors (Lipinski definition) is 2. The summed E-state index contributed by atoms with van der Waals surface area (Å²) in [5.41, 5.74) is 5.37. The van der Waals surface area contributed by atoms with E-state index in [1.54, 1.807) is 6.92 Å². The number of aromatic amines is 1. The topological polar surface area (TPSA) is 140 Å². The van der Waals surface area contributed by atoms with Crippen LogP contribution in [0.25, 0.3) is 0 Å². The first kappa shape index (κ1) is 16.4. The number of rotatable bonds is 4. The number of H-pyrrole nitrogens is 1. The Morgan fingerprint density at radius 3 is 2.39 bits per heavy atom. The predicted octanol–water partition coefficient (Wildman–Crippen LogP) is 0.168. The molecule has 23 heavy (non-hydrogen) atoms. The highest BCUT2D eigenvalue weighted by Gasteiger charge is 2.50. The fraction of sp³-hybridized carbons (Fsp3) is 0.429. The number of esters is 2. The van der Waals surface area contributed by atoms with Gasteiger partial charge >= 0.3 is 11.9 Å². The average Bonchev–Trinajstić information content (AvgIpc) is 2.88. The lowest BCUT2D eigenvalue weighted by Gasteiger charge is -2.35. The standard InChI is InChI=1S/C14H16N4O5/c1-7-11-13(18-17-7)23-12(16)8(6-15)14(11,4-9(19)21-2)5-10(20)22-3/h4-5,16H2,1-3H3,(H,17,18). The van der Waals surface area contributed by atoms with Gasteiger partial charge in [0.25, 0.3) is 0 Å². The number of ether oxygens (including phenoxy) is 3. The van der Waals surface area contributed by atoms with Crippen LogP contribution in [0.5, 0.6) is 5.88 Å². The Labute approximate surface area is 132 Å². The number of hydrogen-bond acceptors (Lipinski definition) is 8. The van der Waals surface area contributed by atoms with Crippen molar-refractivity contribution in [3.05, 3.63) is 22.7 Å². The van der Waals surface area contributed by atoms with Crippen molar-refractivity contribution in [3.8, 4) is 11.9 Å². The van der Waals surface area contributed by atoms with Gasteiger partial charge in [-0.05, 0) is 6.92 Å². The molecule has 9 heteroatoms. The normalized spacial score (nSPS) is 15.2. The first-order chi connectivity index (χ1) is 10.9. The smallest absolute Gasteiger partial charge is 0.306 e. The van der Waals surface area contributed by atoms with E-state index in [4.69, 9.17) is 19.9 Å². The molecular weight excluding hydrogens is 304 g/mol. The van der Waals surface area contributed by atoms with Crippen LogP contribution < -0.4 is 10.5 Å². The quantitative estimate of drug-likeness (QED) is 0.748. The van der Waals surface area contributed by atoms with Gasteiger partial charge in [-0.2, -0.15) is 5.26 Å². The second-order valence-corrected chi connectivity index (χ2v) is 5.07. The van der Waals surface area contributed by atoms with Gasteiger partial charge in [-0.25, -0.2) is 0 Å². The van der Waals surface area contributed by atoms with Crippen molar-refractivity contribution in [1.82, 2.24) is 10.2 Å². The van der Waals surface area contributed by atoms with Gasteiger partial charge in [-0.15, -0.1) is 5.10 Å². The van der Waals surface area contributed by atoms with Crippen LogP contribution in [0.3, 0.4) is 0 Å². The van der Waals surface area contributed by atoms with Crippen LogP contribution in [0, 0.1) is 18.3 Å². The minimum Gasteiger partial charge on any atom is -0.469 e. The number of aromatic nitrogens is 2. The van der Waals surface area contributed by atoms with Crippen molar-refractivity contribution in [1.29, 1.82) is 5.26 Å². The van der Waals surface area contributed by atoms with E-state index in [1.165, 1.54) is 14.2 Å². The summed E-state index contributed by atoms with van der Waals surface area (Å²) in [5, 5.41) is 16.2. The van der Waals surface area contributed by atoms with Crippen LogP contribution in [0.1, 0.15) is 24.1 Å². The molecule has 0 atom stereocenters. The van der Waals surface area contributed by atoms with E-state index in [9.17, 15) is 14.9 Å². The molecule has 1 aromatic heterocycles. The molecule has 0 amide bonds. The molecule has 1 aliphatic rings. The highest BCUT2D eigenvalue weighted by molar-refractivity contribution is 5.80. The number of nitrogens with one attached hydrogen (secondary N) is 1. The second-order valence-electron chi connectivity index (χ2n) is 5.07. The summed E-state index contributed by atoms with van der Waals surface area (Å²) < 4.78 is 14.8. The molecule has 122 valence electrons. The first-order valence-corrected chi connectivity index (χ1v) is 6.66. The van der Waals surface area contributed by atoms with Gasteiger partial charge in [0.05, 0.1) is 32.5 Å². The van der Waals surface area contributed by atoms with E-state index in [0.29, 0.717) is 11.3 Å². The molecule has 2 heterocycles. The van der Waals surface area contributed by atoms with Crippen LogP contribution in [-0.4, -0.2) is 36.4 Å². The Hall–Kier alpha value is -3.02. The largest absolute Gasteiger partial charge is 0.469 e. The minimum absolute atomic E-state index is 0.0368. The lowest BCUT2D eigenvalue weighted by atomic mass is 9.68. The van der Waals surface area contributed by atoms with Crippen molar-refractivity contribution in [3.63, 3.8) is 0 Å². The summed E-state index contributed by atoms with van der Waals surface area (Å²) in [7, 11) is 2.44. The summed E-state index contributed by atoms with van der Waals surface area (Å²) in [6, 6.07) is 1.93. The first-order valence-electron chi connectivity index (χ1n) is 6.66. The van der Waals surface area contributed by atoms with E-state index in [0.717, 1.165) is 0 Å². The monoisotopic (exact) mass is 320 g/mol. The number of methoxy groups -OCH3 is 2. The van der Waals surface area contributed by atoms with Gasteiger partial charge in [-0.1, -0.05) is 0 Å². The van der Waals surface area contributed by atoms with Gasteiger partial charge < -0.3 is 19.9 Å². The lowest BCUT2D eigenvalue weighted by molar-refractivity contribution is -0.144. The van der Waals surface area contributed by atoms with E-state index in [-0.39, 0.29) is 30.2 Å². The average molecular weight is 320 g/mol. The SMILES string of the molecule is COC(=O)CC1(CC(=O)OC)C(C#N)=C(N)Oc2n[nH]c(C)c21. The molecule has 0 fully saturated rings.